The fraction of sp³-hybridized carbons (Fsp3) is 0.200. The molecule has 2 rings (SSSR count). The van der Waals surface area contributed by atoms with Crippen LogP contribution in [0.5, 0.6) is 5.88 Å². The van der Waals surface area contributed by atoms with Crippen LogP contribution in [0.2, 0.25) is 0 Å². The summed E-state index contributed by atoms with van der Waals surface area (Å²) in [5.41, 5.74) is 0.0652. The third-order valence-electron chi connectivity index (χ3n) is 2.05. The van der Waals surface area contributed by atoms with Gasteiger partial charge in [-0.15, -0.1) is 0 Å². The number of aromatic carboxylic acids is 1. The molecule has 0 saturated carbocycles. The van der Waals surface area contributed by atoms with Crippen LogP contribution in [0.3, 0.4) is 0 Å². The first-order chi connectivity index (χ1) is 8.09. The van der Waals surface area contributed by atoms with Crippen molar-refractivity contribution < 1.29 is 23.4 Å². The number of imidazole rings is 1. The van der Waals surface area contributed by atoms with Gasteiger partial charge in [-0.25, -0.2) is 13.6 Å². The number of carbonyl (C=O) groups is 1. The van der Waals surface area contributed by atoms with E-state index in [0.29, 0.717) is 5.65 Å². The van der Waals surface area contributed by atoms with Crippen LogP contribution in [0, 0.1) is 0 Å². The largest absolute Gasteiger partial charge is 0.476 e. The SMILES string of the molecule is O=C(O)c1c(OCC(F)F)nc2ccccn12. The Labute approximate surface area is 94.3 Å². The highest BCUT2D eigenvalue weighted by Crippen LogP contribution is 2.20. The zero-order valence-electron chi connectivity index (χ0n) is 8.51. The van der Waals surface area contributed by atoms with Crippen molar-refractivity contribution in [3.8, 4) is 5.88 Å². The smallest absolute Gasteiger partial charge is 0.358 e. The number of nitrogens with zero attached hydrogens (tertiary/aromatic N) is 2. The van der Waals surface area contributed by atoms with Crippen molar-refractivity contribution in [2.24, 2.45) is 0 Å². The molecule has 90 valence electrons. The first-order valence-corrected chi connectivity index (χ1v) is 4.71. The van der Waals surface area contributed by atoms with E-state index in [2.05, 4.69) is 9.72 Å². The standard InChI is InChI=1S/C10H8F2N2O3/c11-6(12)5-17-9-8(10(15)16)14-4-2-1-3-7(14)13-9/h1-4,6H,5H2,(H,15,16). The minimum Gasteiger partial charge on any atom is -0.476 e. The lowest BCUT2D eigenvalue weighted by Gasteiger charge is -2.02. The third kappa shape index (κ3) is 2.17. The van der Waals surface area contributed by atoms with Crippen molar-refractivity contribution in [3.63, 3.8) is 0 Å². The summed E-state index contributed by atoms with van der Waals surface area (Å²) in [5, 5.41) is 8.99. The molecule has 0 bridgehead atoms. The van der Waals surface area contributed by atoms with Gasteiger partial charge in [0.05, 0.1) is 0 Å². The molecule has 0 amide bonds. The molecule has 7 heteroatoms. The summed E-state index contributed by atoms with van der Waals surface area (Å²) in [6.45, 7) is -0.885. The van der Waals surface area contributed by atoms with E-state index in [1.807, 2.05) is 0 Å². The molecule has 0 radical (unpaired) electrons. The molecule has 0 aromatic carbocycles. The molecule has 1 N–H and O–H groups in total. The van der Waals surface area contributed by atoms with Gasteiger partial charge in [-0.1, -0.05) is 6.07 Å². The van der Waals surface area contributed by atoms with E-state index in [-0.39, 0.29) is 11.6 Å². The molecule has 0 saturated heterocycles. The van der Waals surface area contributed by atoms with Crippen LogP contribution in [0.15, 0.2) is 24.4 Å². The highest BCUT2D eigenvalue weighted by Gasteiger charge is 2.20. The van der Waals surface area contributed by atoms with Crippen molar-refractivity contribution in [2.75, 3.05) is 6.61 Å². The van der Waals surface area contributed by atoms with Crippen LogP contribution in [0.25, 0.3) is 5.65 Å². The number of rotatable bonds is 4. The second kappa shape index (κ2) is 4.36. The Morgan fingerprint density at radius 3 is 2.94 bits per heavy atom. The zero-order valence-corrected chi connectivity index (χ0v) is 8.51. The number of pyridine rings is 1. The van der Waals surface area contributed by atoms with E-state index in [4.69, 9.17) is 5.11 Å². The summed E-state index contributed by atoms with van der Waals surface area (Å²) in [6, 6.07) is 4.82. The van der Waals surface area contributed by atoms with Gasteiger partial charge < -0.3 is 9.84 Å². The predicted octanol–water partition coefficient (Wildman–Crippen LogP) is 1.68. The van der Waals surface area contributed by atoms with Gasteiger partial charge in [-0.3, -0.25) is 4.40 Å². The molecular formula is C10H8F2N2O3. The fourth-order valence-corrected chi connectivity index (χ4v) is 1.41. The predicted molar refractivity (Wildman–Crippen MR) is 53.7 cm³/mol. The summed E-state index contributed by atoms with van der Waals surface area (Å²) in [7, 11) is 0. The molecule has 0 atom stereocenters. The average Bonchev–Trinajstić information content (AvgIpc) is 2.64. The summed E-state index contributed by atoms with van der Waals surface area (Å²) >= 11 is 0. The number of alkyl halides is 2. The number of ether oxygens (including phenoxy) is 1. The lowest BCUT2D eigenvalue weighted by Crippen LogP contribution is -2.10. The summed E-state index contributed by atoms with van der Waals surface area (Å²) in [4.78, 5) is 14.8. The van der Waals surface area contributed by atoms with Gasteiger partial charge in [-0.05, 0) is 12.1 Å². The highest BCUT2D eigenvalue weighted by atomic mass is 19.3. The molecule has 0 fully saturated rings. The Hall–Kier alpha value is -2.18. The Balaban J connectivity index is 2.46. The van der Waals surface area contributed by atoms with Gasteiger partial charge in [0.15, 0.2) is 12.3 Å². The molecule has 0 spiro atoms. The normalized spacial score (nSPS) is 11.0. The summed E-state index contributed by atoms with van der Waals surface area (Å²) < 4.78 is 30.0. The number of carboxylic acids is 1. The number of fused-ring (bicyclic) bond motifs is 1. The van der Waals surface area contributed by atoms with Crippen molar-refractivity contribution in [1.82, 2.24) is 9.38 Å². The molecule has 0 aliphatic rings. The van der Waals surface area contributed by atoms with Crippen molar-refractivity contribution in [3.05, 3.63) is 30.1 Å². The second-order valence-corrected chi connectivity index (χ2v) is 3.20. The second-order valence-electron chi connectivity index (χ2n) is 3.20. The van der Waals surface area contributed by atoms with Crippen molar-refractivity contribution >= 4 is 11.6 Å². The molecule has 2 aromatic heterocycles. The van der Waals surface area contributed by atoms with Crippen molar-refractivity contribution in [1.29, 1.82) is 0 Å². The number of halogens is 2. The van der Waals surface area contributed by atoms with E-state index in [0.717, 1.165) is 0 Å². The topological polar surface area (TPSA) is 63.8 Å². The molecule has 5 nitrogen and oxygen atoms in total. The molecule has 17 heavy (non-hydrogen) atoms. The molecule has 2 aromatic rings. The Kier molecular flexibility index (Phi) is 2.90. The van der Waals surface area contributed by atoms with Crippen LogP contribution in [-0.2, 0) is 0 Å². The van der Waals surface area contributed by atoms with Gasteiger partial charge in [0.1, 0.15) is 5.65 Å². The number of hydrogen-bond donors (Lipinski definition) is 1. The van der Waals surface area contributed by atoms with E-state index >= 15 is 0 Å². The quantitative estimate of drug-likeness (QED) is 0.885. The van der Waals surface area contributed by atoms with E-state index in [1.54, 1.807) is 18.2 Å². The zero-order chi connectivity index (χ0) is 12.4. The van der Waals surface area contributed by atoms with Crippen LogP contribution >= 0.6 is 0 Å². The van der Waals surface area contributed by atoms with Crippen LogP contribution < -0.4 is 4.74 Å². The summed E-state index contributed by atoms with van der Waals surface area (Å²) in [6.07, 6.45) is -1.21. The van der Waals surface area contributed by atoms with Crippen LogP contribution in [-0.4, -0.2) is 33.5 Å². The minimum absolute atomic E-state index is 0.263. The van der Waals surface area contributed by atoms with E-state index in [9.17, 15) is 13.6 Å². The third-order valence-corrected chi connectivity index (χ3v) is 2.05. The Bertz CT molecular complexity index is 553. The first kappa shape index (κ1) is 11.3. The number of carboxylic acid groups (broad SMARTS) is 1. The molecule has 0 unspecified atom stereocenters. The molecule has 0 aliphatic heterocycles. The van der Waals surface area contributed by atoms with Crippen molar-refractivity contribution in [2.45, 2.75) is 6.43 Å². The summed E-state index contributed by atoms with van der Waals surface area (Å²) in [5.74, 6) is -1.59. The molecular weight excluding hydrogens is 234 g/mol. The lowest BCUT2D eigenvalue weighted by molar-refractivity contribution is 0.0651. The molecule has 2 heterocycles. The van der Waals surface area contributed by atoms with Crippen LogP contribution in [0.4, 0.5) is 8.78 Å². The molecule has 0 aliphatic carbocycles. The maximum atomic E-state index is 12.0. The van der Waals surface area contributed by atoms with Crippen LogP contribution in [0.1, 0.15) is 10.5 Å². The number of aromatic nitrogens is 2. The highest BCUT2D eigenvalue weighted by molar-refractivity contribution is 5.89. The van der Waals surface area contributed by atoms with Gasteiger partial charge in [0.25, 0.3) is 6.43 Å². The fourth-order valence-electron chi connectivity index (χ4n) is 1.41. The van der Waals surface area contributed by atoms with Gasteiger partial charge >= 0.3 is 5.97 Å². The Morgan fingerprint density at radius 1 is 1.53 bits per heavy atom. The van der Waals surface area contributed by atoms with E-state index in [1.165, 1.54) is 10.6 Å². The average molecular weight is 242 g/mol. The minimum atomic E-state index is -2.68. The lowest BCUT2D eigenvalue weighted by atomic mass is 10.4. The monoisotopic (exact) mass is 242 g/mol. The van der Waals surface area contributed by atoms with Gasteiger partial charge in [-0.2, -0.15) is 4.98 Å². The number of hydrogen-bond acceptors (Lipinski definition) is 3. The maximum absolute atomic E-state index is 12.0. The van der Waals surface area contributed by atoms with E-state index < -0.39 is 19.0 Å². The van der Waals surface area contributed by atoms with Gasteiger partial charge in [0.2, 0.25) is 5.88 Å². The maximum Gasteiger partial charge on any atom is 0.358 e. The van der Waals surface area contributed by atoms with Gasteiger partial charge in [0, 0.05) is 6.20 Å². The first-order valence-electron chi connectivity index (χ1n) is 4.71. The Morgan fingerprint density at radius 2 is 2.29 bits per heavy atom.